The number of ether oxygens (including phenoxy) is 4. The lowest BCUT2D eigenvalue weighted by Gasteiger charge is -2.47. The number of aromatic amines is 1. The first-order valence-corrected chi connectivity index (χ1v) is 16.1. The highest BCUT2D eigenvalue weighted by Gasteiger charge is 2.53. The summed E-state index contributed by atoms with van der Waals surface area (Å²) in [5.74, 6) is -1.16. The molecule has 3 aliphatic rings. The number of nitrogens with one attached hydrogen (secondary N) is 3. The lowest BCUT2D eigenvalue weighted by atomic mass is 9.91. The van der Waals surface area contributed by atoms with E-state index >= 15 is 0 Å². The molecule has 11 N–H and O–H groups in total. The Morgan fingerprint density at radius 1 is 0.920 bits per heavy atom. The minimum Gasteiger partial charge on any atom is -0.394 e. The molecular weight excluding hydrogens is 672 g/mol. The van der Waals surface area contributed by atoms with Gasteiger partial charge in [0.2, 0.25) is 11.8 Å². The smallest absolute Gasteiger partial charge is 0.330 e. The summed E-state index contributed by atoms with van der Waals surface area (Å²) in [7, 11) is 0. The fourth-order valence-corrected chi connectivity index (χ4v) is 6.01. The van der Waals surface area contributed by atoms with Crippen molar-refractivity contribution in [1.29, 1.82) is 0 Å². The number of aliphatic hydroxyl groups is 8. The van der Waals surface area contributed by atoms with Crippen LogP contribution in [-0.4, -0.2) is 155 Å². The monoisotopic (exact) mass is 718 g/mol. The molecule has 0 bridgehead atoms. The third kappa shape index (κ3) is 9.02. The number of hydrogen-bond acceptors (Lipinski definition) is 16. The normalized spacial score (nSPS) is 38.3. The van der Waals surface area contributed by atoms with Crippen LogP contribution in [0.15, 0.2) is 34.0 Å². The van der Waals surface area contributed by atoms with Gasteiger partial charge in [-0.15, -0.1) is 0 Å². The maximum atomic E-state index is 12.8. The van der Waals surface area contributed by atoms with Crippen molar-refractivity contribution in [3.05, 3.63) is 45.3 Å². The molecular formula is C30H46N4O16. The first kappa shape index (κ1) is 39.7. The van der Waals surface area contributed by atoms with Gasteiger partial charge in [0.1, 0.15) is 60.9 Å². The van der Waals surface area contributed by atoms with Crippen LogP contribution in [0.5, 0.6) is 0 Å². The first-order chi connectivity index (χ1) is 23.5. The molecule has 20 nitrogen and oxygen atoms in total. The lowest BCUT2D eigenvalue weighted by Crippen LogP contribution is -2.68. The van der Waals surface area contributed by atoms with Gasteiger partial charge < -0.3 is 70.4 Å². The van der Waals surface area contributed by atoms with Crippen LogP contribution in [-0.2, 0) is 28.5 Å². The topological polar surface area (TPSA) is 312 Å². The third-order valence-corrected chi connectivity index (χ3v) is 8.66. The summed E-state index contributed by atoms with van der Waals surface area (Å²) in [6, 6.07) is -2.02. The number of H-pyrrole nitrogens is 1. The highest BCUT2D eigenvalue weighted by atomic mass is 16.8. The number of allylic oxidation sites excluding steroid dienone is 1. The fourth-order valence-electron chi connectivity index (χ4n) is 6.01. The molecule has 0 aliphatic carbocycles. The molecule has 4 heterocycles. The summed E-state index contributed by atoms with van der Waals surface area (Å²) in [5.41, 5.74) is -1.69. The van der Waals surface area contributed by atoms with Crippen LogP contribution in [0.25, 0.3) is 0 Å². The number of amides is 2. The van der Waals surface area contributed by atoms with Crippen LogP contribution >= 0.6 is 0 Å². The Morgan fingerprint density at radius 2 is 1.52 bits per heavy atom. The SMILES string of the molecule is CC(=O)N[C@H]1[C@@H](O[C@H]2O[C@H](CC(O)[C@H]3O[C@@H](n4ccc(=O)[nH]c4=O)[C@H](O)[C@@H]3O)[C@H](O)[C@H](O)[C@H]2NC(=O)/C=C/CC(C)C)O[C@H](CO)[C@@H](O)[C@@H]1O. The van der Waals surface area contributed by atoms with Crippen LogP contribution in [0, 0.1) is 5.92 Å². The van der Waals surface area contributed by atoms with Crippen molar-refractivity contribution in [3.8, 4) is 0 Å². The number of hydrogen-bond donors (Lipinski definition) is 11. The van der Waals surface area contributed by atoms with Crippen LogP contribution in [0.4, 0.5) is 0 Å². The number of carbonyl (C=O) groups excluding carboxylic acids is 2. The van der Waals surface area contributed by atoms with Gasteiger partial charge in [0.15, 0.2) is 18.8 Å². The Balaban J connectivity index is 1.58. The molecule has 0 saturated carbocycles. The molecule has 3 saturated heterocycles. The first-order valence-electron chi connectivity index (χ1n) is 16.1. The highest BCUT2D eigenvalue weighted by molar-refractivity contribution is 5.87. The van der Waals surface area contributed by atoms with Crippen molar-refractivity contribution >= 4 is 11.8 Å². The Morgan fingerprint density at radius 3 is 2.10 bits per heavy atom. The van der Waals surface area contributed by atoms with E-state index in [2.05, 4.69) is 10.6 Å². The zero-order valence-corrected chi connectivity index (χ0v) is 27.5. The van der Waals surface area contributed by atoms with Gasteiger partial charge in [-0.25, -0.2) is 4.79 Å². The minimum atomic E-state index is -1.85. The van der Waals surface area contributed by atoms with Crippen molar-refractivity contribution < 1.29 is 69.4 Å². The molecule has 1 unspecified atom stereocenters. The number of aromatic nitrogens is 2. The molecule has 1 aromatic rings. The van der Waals surface area contributed by atoms with Crippen molar-refractivity contribution in [2.24, 2.45) is 5.92 Å². The second kappa shape index (κ2) is 16.9. The van der Waals surface area contributed by atoms with Crippen molar-refractivity contribution in [2.75, 3.05) is 6.61 Å². The Hall–Kier alpha value is -3.12. The molecule has 0 aromatic carbocycles. The lowest BCUT2D eigenvalue weighted by molar-refractivity contribution is -0.346. The summed E-state index contributed by atoms with van der Waals surface area (Å²) < 4.78 is 23.8. The average Bonchev–Trinajstić information content (AvgIpc) is 3.34. The van der Waals surface area contributed by atoms with E-state index in [1.807, 2.05) is 18.8 Å². The van der Waals surface area contributed by atoms with Gasteiger partial charge in [-0.3, -0.25) is 23.9 Å². The molecule has 3 aliphatic heterocycles. The predicted octanol–water partition coefficient (Wildman–Crippen LogP) is -5.60. The van der Waals surface area contributed by atoms with E-state index in [9.17, 15) is 60.0 Å². The quantitative estimate of drug-likeness (QED) is 0.0898. The zero-order chi connectivity index (χ0) is 37.0. The third-order valence-electron chi connectivity index (χ3n) is 8.66. The molecule has 50 heavy (non-hydrogen) atoms. The molecule has 20 heteroatoms. The van der Waals surface area contributed by atoms with Gasteiger partial charge in [-0.1, -0.05) is 19.9 Å². The Bertz CT molecular complexity index is 1450. The van der Waals surface area contributed by atoms with Crippen molar-refractivity contribution in [2.45, 2.75) is 126 Å². The molecule has 282 valence electrons. The highest BCUT2D eigenvalue weighted by Crippen LogP contribution is 2.34. The molecule has 3 fully saturated rings. The Kier molecular flexibility index (Phi) is 13.4. The average molecular weight is 719 g/mol. The van der Waals surface area contributed by atoms with Crippen LogP contribution < -0.4 is 21.9 Å². The largest absolute Gasteiger partial charge is 0.394 e. The maximum absolute atomic E-state index is 12.8. The van der Waals surface area contributed by atoms with Gasteiger partial charge in [0, 0.05) is 25.6 Å². The molecule has 2 amide bonds. The van der Waals surface area contributed by atoms with E-state index in [0.717, 1.165) is 23.8 Å². The second-order valence-electron chi connectivity index (χ2n) is 13.0. The van der Waals surface area contributed by atoms with Gasteiger partial charge in [0.05, 0.1) is 18.8 Å². The second-order valence-corrected chi connectivity index (χ2v) is 13.0. The summed E-state index contributed by atoms with van der Waals surface area (Å²) in [4.78, 5) is 50.5. The van der Waals surface area contributed by atoms with Gasteiger partial charge in [0.25, 0.3) is 5.56 Å². The fraction of sp³-hybridized carbons (Fsp3) is 0.733. The maximum Gasteiger partial charge on any atom is 0.330 e. The number of aliphatic hydroxyl groups excluding tert-OH is 8. The van der Waals surface area contributed by atoms with E-state index < -0.39 is 128 Å². The van der Waals surface area contributed by atoms with E-state index in [4.69, 9.17) is 18.9 Å². The van der Waals surface area contributed by atoms with Gasteiger partial charge in [-0.05, 0) is 18.4 Å². The standard InChI is InChI=1S/C30H46N4O16/c1-11(2)5-4-6-16(38)32-19-23(43)20(40)14(47-29(19)50-28-18(31-12(3)36)22(42)21(41)15(10-35)48-28)9-13(37)26-24(44)25(45)27(49-26)34-8-7-17(39)33-30(34)46/h4,6-8,11,13-15,18-29,35,37,40-45H,5,9-10H2,1-3H3,(H,31,36)(H,32,38)(H,33,39,46)/b6-4+/t13?,14-,15-,18-,19-,20+,21-,22-,23-,24+,25-,26-,27-,28-,29-/m1/s1. The van der Waals surface area contributed by atoms with E-state index in [-0.39, 0.29) is 5.92 Å². The van der Waals surface area contributed by atoms with E-state index in [1.165, 1.54) is 6.08 Å². The number of rotatable bonds is 12. The zero-order valence-electron chi connectivity index (χ0n) is 27.5. The number of nitrogens with zero attached hydrogens (tertiary/aromatic N) is 1. The summed E-state index contributed by atoms with van der Waals surface area (Å²) >= 11 is 0. The molecule has 4 rings (SSSR count). The van der Waals surface area contributed by atoms with Crippen LogP contribution in [0.1, 0.15) is 39.8 Å². The molecule has 15 atom stereocenters. The minimum absolute atomic E-state index is 0.222. The van der Waals surface area contributed by atoms with Crippen LogP contribution in [0.2, 0.25) is 0 Å². The van der Waals surface area contributed by atoms with Gasteiger partial charge in [-0.2, -0.15) is 0 Å². The van der Waals surface area contributed by atoms with E-state index in [0.29, 0.717) is 6.42 Å². The van der Waals surface area contributed by atoms with Crippen LogP contribution in [0.3, 0.4) is 0 Å². The van der Waals surface area contributed by atoms with Gasteiger partial charge >= 0.3 is 5.69 Å². The predicted molar refractivity (Wildman–Crippen MR) is 166 cm³/mol. The number of carbonyl (C=O) groups is 2. The van der Waals surface area contributed by atoms with Crippen molar-refractivity contribution in [3.63, 3.8) is 0 Å². The van der Waals surface area contributed by atoms with E-state index in [1.54, 1.807) is 6.08 Å². The summed E-state index contributed by atoms with van der Waals surface area (Å²) in [6.45, 7) is 4.19. The molecule has 1 aromatic heterocycles. The Labute approximate surface area is 284 Å². The molecule has 0 spiro atoms. The molecule has 0 radical (unpaired) electrons. The van der Waals surface area contributed by atoms with Crippen molar-refractivity contribution in [1.82, 2.24) is 20.2 Å². The summed E-state index contributed by atoms with van der Waals surface area (Å²) in [5, 5.41) is 90.4. The summed E-state index contributed by atoms with van der Waals surface area (Å²) in [6.07, 6.45) is -18.1.